The van der Waals surface area contributed by atoms with Gasteiger partial charge in [-0.15, -0.1) is 5.10 Å². The quantitative estimate of drug-likeness (QED) is 0.886. The highest BCUT2D eigenvalue weighted by molar-refractivity contribution is 6.30. The summed E-state index contributed by atoms with van der Waals surface area (Å²) in [6.45, 7) is 8.05. The summed E-state index contributed by atoms with van der Waals surface area (Å²) in [4.78, 5) is 0. The Morgan fingerprint density at radius 1 is 1.35 bits per heavy atom. The lowest BCUT2D eigenvalue weighted by atomic mass is 10.0. The van der Waals surface area contributed by atoms with Crippen LogP contribution in [0.2, 0.25) is 5.02 Å². The molecular weight excluding hydrogens is 272 g/mol. The molecule has 0 amide bonds. The van der Waals surface area contributed by atoms with Gasteiger partial charge in [0.25, 0.3) is 0 Å². The monoisotopic (exact) mass is 292 g/mol. The molecule has 0 aliphatic carbocycles. The zero-order valence-corrected chi connectivity index (χ0v) is 13.0. The molecule has 5 heteroatoms. The number of rotatable bonds is 6. The van der Waals surface area contributed by atoms with Crippen molar-refractivity contribution in [3.63, 3.8) is 0 Å². The van der Waals surface area contributed by atoms with Crippen molar-refractivity contribution >= 4 is 11.6 Å². The van der Waals surface area contributed by atoms with E-state index in [2.05, 4.69) is 36.4 Å². The third-order valence-electron chi connectivity index (χ3n) is 3.10. The van der Waals surface area contributed by atoms with Crippen molar-refractivity contribution in [3.05, 3.63) is 35.0 Å². The van der Waals surface area contributed by atoms with E-state index in [9.17, 15) is 0 Å². The van der Waals surface area contributed by atoms with Gasteiger partial charge in [0, 0.05) is 29.7 Å². The van der Waals surface area contributed by atoms with Gasteiger partial charge in [-0.25, -0.2) is 4.68 Å². The van der Waals surface area contributed by atoms with Crippen LogP contribution < -0.4 is 5.32 Å². The topological polar surface area (TPSA) is 42.7 Å². The number of aromatic nitrogens is 3. The summed E-state index contributed by atoms with van der Waals surface area (Å²) in [5, 5.41) is 12.4. The third-order valence-corrected chi connectivity index (χ3v) is 3.33. The van der Waals surface area contributed by atoms with E-state index in [1.807, 2.05) is 29.1 Å². The molecule has 2 rings (SSSR count). The van der Waals surface area contributed by atoms with Crippen LogP contribution in [0, 0.1) is 0 Å². The van der Waals surface area contributed by atoms with Gasteiger partial charge >= 0.3 is 0 Å². The Balaban J connectivity index is 2.36. The van der Waals surface area contributed by atoms with Gasteiger partial charge in [-0.1, -0.05) is 43.7 Å². The molecule has 1 aromatic carbocycles. The largest absolute Gasteiger partial charge is 0.310 e. The minimum absolute atomic E-state index is 0.431. The average molecular weight is 293 g/mol. The van der Waals surface area contributed by atoms with Gasteiger partial charge in [-0.3, -0.25) is 0 Å². The molecule has 0 aliphatic heterocycles. The van der Waals surface area contributed by atoms with Crippen LogP contribution in [-0.2, 0) is 13.1 Å². The first-order valence-electron chi connectivity index (χ1n) is 7.02. The minimum Gasteiger partial charge on any atom is -0.310 e. The summed E-state index contributed by atoms with van der Waals surface area (Å²) in [6.07, 6.45) is 2.85. The van der Waals surface area contributed by atoms with Crippen LogP contribution in [0.15, 0.2) is 24.4 Å². The summed E-state index contributed by atoms with van der Waals surface area (Å²) < 4.78 is 1.95. The third kappa shape index (κ3) is 3.58. The van der Waals surface area contributed by atoms with Crippen LogP contribution in [0.4, 0.5) is 0 Å². The lowest BCUT2D eigenvalue weighted by molar-refractivity contribution is 0.579. The molecular formula is C15H21ClN4. The highest BCUT2D eigenvalue weighted by atomic mass is 35.5. The molecule has 0 atom stereocenters. The minimum atomic E-state index is 0.431. The fraction of sp³-hybridized carbons (Fsp3) is 0.467. The summed E-state index contributed by atoms with van der Waals surface area (Å²) in [5.74, 6) is 0. The van der Waals surface area contributed by atoms with Crippen LogP contribution in [0.5, 0.6) is 0 Å². The van der Waals surface area contributed by atoms with E-state index in [1.54, 1.807) is 0 Å². The maximum Gasteiger partial charge on any atom is 0.0888 e. The number of nitrogens with one attached hydrogen (secondary N) is 1. The van der Waals surface area contributed by atoms with Crippen LogP contribution in [0.3, 0.4) is 0 Å². The Kier molecular flexibility index (Phi) is 5.15. The number of benzene rings is 1. The number of hydrogen-bond acceptors (Lipinski definition) is 3. The molecule has 0 unspecified atom stereocenters. The van der Waals surface area contributed by atoms with Gasteiger partial charge in [-0.05, 0) is 24.1 Å². The molecule has 2 aromatic rings. The van der Waals surface area contributed by atoms with Crippen LogP contribution in [0.25, 0.3) is 11.3 Å². The van der Waals surface area contributed by atoms with E-state index >= 15 is 0 Å². The maximum absolute atomic E-state index is 6.13. The normalized spacial score (nSPS) is 11.2. The molecule has 20 heavy (non-hydrogen) atoms. The summed E-state index contributed by atoms with van der Waals surface area (Å²) in [7, 11) is 0. The van der Waals surface area contributed by atoms with Gasteiger partial charge in [0.15, 0.2) is 0 Å². The van der Waals surface area contributed by atoms with Gasteiger partial charge < -0.3 is 5.32 Å². The van der Waals surface area contributed by atoms with Crippen molar-refractivity contribution in [1.82, 2.24) is 20.3 Å². The maximum atomic E-state index is 6.13. The smallest absolute Gasteiger partial charge is 0.0888 e. The highest BCUT2D eigenvalue weighted by Gasteiger charge is 2.11. The van der Waals surface area contributed by atoms with Crippen molar-refractivity contribution in [1.29, 1.82) is 0 Å². The van der Waals surface area contributed by atoms with Gasteiger partial charge in [0.2, 0.25) is 0 Å². The Hall–Kier alpha value is -1.39. The molecule has 1 heterocycles. The van der Waals surface area contributed by atoms with E-state index in [0.717, 1.165) is 35.8 Å². The number of halogens is 1. The average Bonchev–Trinajstić information content (AvgIpc) is 2.85. The molecule has 1 aromatic heterocycles. The highest BCUT2D eigenvalue weighted by Crippen LogP contribution is 2.26. The van der Waals surface area contributed by atoms with Gasteiger partial charge in [0.05, 0.1) is 11.9 Å². The van der Waals surface area contributed by atoms with Crippen molar-refractivity contribution in [3.8, 4) is 11.3 Å². The van der Waals surface area contributed by atoms with Gasteiger partial charge in [-0.2, -0.15) is 0 Å². The molecule has 0 saturated carbocycles. The number of aryl methyl sites for hydroxylation is 1. The molecule has 0 saturated heterocycles. The SMILES string of the molecule is CCCn1nncc1-c1ccc(Cl)cc1CNC(C)C. The molecule has 0 aliphatic rings. The molecule has 1 N–H and O–H groups in total. The fourth-order valence-corrected chi connectivity index (χ4v) is 2.31. The van der Waals surface area contributed by atoms with E-state index < -0.39 is 0 Å². The number of nitrogens with zero attached hydrogens (tertiary/aromatic N) is 3. The first-order chi connectivity index (χ1) is 9.61. The summed E-state index contributed by atoms with van der Waals surface area (Å²) >= 11 is 6.13. The molecule has 0 fully saturated rings. The van der Waals surface area contributed by atoms with E-state index in [0.29, 0.717) is 6.04 Å². The second-order valence-corrected chi connectivity index (χ2v) is 5.62. The van der Waals surface area contributed by atoms with Crippen LogP contribution in [-0.4, -0.2) is 21.0 Å². The summed E-state index contributed by atoms with van der Waals surface area (Å²) in [6, 6.07) is 6.40. The summed E-state index contributed by atoms with van der Waals surface area (Å²) in [5.41, 5.74) is 3.36. The van der Waals surface area contributed by atoms with Crippen molar-refractivity contribution in [2.24, 2.45) is 0 Å². The van der Waals surface area contributed by atoms with Crippen molar-refractivity contribution in [2.45, 2.75) is 46.3 Å². The standard InChI is InChI=1S/C15H21ClN4/c1-4-7-20-15(10-18-19-20)14-6-5-13(16)8-12(14)9-17-11(2)3/h5-6,8,10-11,17H,4,7,9H2,1-3H3. The van der Waals surface area contributed by atoms with E-state index in [4.69, 9.17) is 11.6 Å². The molecule has 0 bridgehead atoms. The van der Waals surface area contributed by atoms with Crippen molar-refractivity contribution in [2.75, 3.05) is 0 Å². The lowest BCUT2D eigenvalue weighted by Crippen LogP contribution is -2.22. The van der Waals surface area contributed by atoms with Crippen LogP contribution >= 0.6 is 11.6 Å². The Labute approximate surface area is 125 Å². The molecule has 0 radical (unpaired) electrons. The second kappa shape index (κ2) is 6.86. The lowest BCUT2D eigenvalue weighted by Gasteiger charge is -2.14. The molecule has 4 nitrogen and oxygen atoms in total. The second-order valence-electron chi connectivity index (χ2n) is 5.18. The first kappa shape index (κ1) is 15.0. The molecule has 108 valence electrons. The van der Waals surface area contributed by atoms with Gasteiger partial charge in [0.1, 0.15) is 0 Å². The molecule has 0 spiro atoms. The Morgan fingerprint density at radius 3 is 2.85 bits per heavy atom. The predicted octanol–water partition coefficient (Wildman–Crippen LogP) is 3.51. The van der Waals surface area contributed by atoms with E-state index in [1.165, 1.54) is 5.56 Å². The Morgan fingerprint density at radius 2 is 2.15 bits per heavy atom. The fourth-order valence-electron chi connectivity index (χ4n) is 2.12. The first-order valence-corrected chi connectivity index (χ1v) is 7.40. The van der Waals surface area contributed by atoms with E-state index in [-0.39, 0.29) is 0 Å². The number of hydrogen-bond donors (Lipinski definition) is 1. The van der Waals surface area contributed by atoms with Crippen molar-refractivity contribution < 1.29 is 0 Å². The predicted molar refractivity (Wildman–Crippen MR) is 82.7 cm³/mol. The zero-order chi connectivity index (χ0) is 14.5. The zero-order valence-electron chi connectivity index (χ0n) is 12.2. The van der Waals surface area contributed by atoms with Crippen LogP contribution in [0.1, 0.15) is 32.8 Å². The Bertz CT molecular complexity index is 563.